The fraction of sp³-hybridized carbons (Fsp3) is 0.286. The fourth-order valence-corrected chi connectivity index (χ4v) is 4.34. The molecule has 2 amide bonds. The Labute approximate surface area is 227 Å². The van der Waals surface area contributed by atoms with Crippen LogP contribution in [0.2, 0.25) is 15.1 Å². The van der Waals surface area contributed by atoms with Crippen molar-refractivity contribution in [2.45, 2.75) is 45.3 Å². The Bertz CT molecular complexity index is 1180. The van der Waals surface area contributed by atoms with E-state index >= 15 is 0 Å². The summed E-state index contributed by atoms with van der Waals surface area (Å²) in [4.78, 5) is 28.7. The van der Waals surface area contributed by atoms with Crippen LogP contribution in [0.25, 0.3) is 0 Å². The largest absolute Gasteiger partial charge is 0.484 e. The van der Waals surface area contributed by atoms with E-state index in [0.717, 1.165) is 5.56 Å². The van der Waals surface area contributed by atoms with Gasteiger partial charge in [-0.1, -0.05) is 77.3 Å². The number of ether oxygens (including phenoxy) is 1. The van der Waals surface area contributed by atoms with Crippen LogP contribution in [0, 0.1) is 0 Å². The summed E-state index contributed by atoms with van der Waals surface area (Å²) in [6.07, 6.45) is 0.299. The average Bonchev–Trinajstić information content (AvgIpc) is 2.81. The second kappa shape index (κ2) is 12.5. The maximum atomic E-state index is 13.6. The number of hydrogen-bond donors (Lipinski definition) is 1. The smallest absolute Gasteiger partial charge is 0.261 e. The first-order valence-electron chi connectivity index (χ1n) is 11.5. The summed E-state index contributed by atoms with van der Waals surface area (Å²) in [5.41, 5.74) is 0.962. The molecule has 0 aliphatic heterocycles. The second-order valence-corrected chi connectivity index (χ2v) is 10.7. The Kier molecular flexibility index (Phi) is 9.66. The molecule has 0 aromatic heterocycles. The van der Waals surface area contributed by atoms with E-state index in [-0.39, 0.29) is 19.1 Å². The van der Waals surface area contributed by atoms with Crippen LogP contribution in [0.1, 0.15) is 31.9 Å². The van der Waals surface area contributed by atoms with Gasteiger partial charge in [0.05, 0.1) is 0 Å². The highest BCUT2D eigenvalue weighted by Gasteiger charge is 2.33. The molecule has 0 fully saturated rings. The Balaban J connectivity index is 1.98. The van der Waals surface area contributed by atoms with Crippen molar-refractivity contribution in [3.05, 3.63) is 99.0 Å². The quantitative estimate of drug-likeness (QED) is 0.329. The molecule has 3 rings (SSSR count). The van der Waals surface area contributed by atoms with Crippen LogP contribution in [0.4, 0.5) is 0 Å². The summed E-state index contributed by atoms with van der Waals surface area (Å²) >= 11 is 19.0. The fourth-order valence-electron chi connectivity index (χ4n) is 3.65. The Hall–Kier alpha value is -2.73. The lowest BCUT2D eigenvalue weighted by Crippen LogP contribution is -2.55. The van der Waals surface area contributed by atoms with Crippen LogP contribution in [0.15, 0.2) is 72.8 Å². The van der Waals surface area contributed by atoms with Gasteiger partial charge in [-0.25, -0.2) is 0 Å². The highest BCUT2D eigenvalue weighted by molar-refractivity contribution is 6.36. The molecule has 0 spiro atoms. The minimum atomic E-state index is -0.838. The standard InChI is InChI=1S/C28H29Cl3N2O3/c1-28(2,3)32-27(35)25(15-19-9-5-4-6-10-19)33(17-22-23(30)13-8-14-24(22)31)26(34)18-36-21-12-7-11-20(29)16-21/h4-14,16,25H,15,17-18H2,1-3H3,(H,32,35)/t25-/m0/s1. The summed E-state index contributed by atoms with van der Waals surface area (Å²) in [5.74, 6) is -0.230. The number of nitrogens with zero attached hydrogens (tertiary/aromatic N) is 1. The highest BCUT2D eigenvalue weighted by Crippen LogP contribution is 2.27. The van der Waals surface area contributed by atoms with E-state index in [1.165, 1.54) is 4.90 Å². The van der Waals surface area contributed by atoms with Gasteiger partial charge in [0, 0.05) is 39.1 Å². The van der Waals surface area contributed by atoms with Crippen molar-refractivity contribution in [3.8, 4) is 5.75 Å². The molecule has 0 aliphatic carbocycles. The molecule has 0 radical (unpaired) electrons. The maximum absolute atomic E-state index is 13.6. The number of halogens is 3. The van der Waals surface area contributed by atoms with E-state index in [1.54, 1.807) is 42.5 Å². The van der Waals surface area contributed by atoms with Crippen molar-refractivity contribution in [3.63, 3.8) is 0 Å². The Morgan fingerprint density at radius 2 is 1.56 bits per heavy atom. The number of carbonyl (C=O) groups is 2. The van der Waals surface area contributed by atoms with E-state index in [4.69, 9.17) is 39.5 Å². The van der Waals surface area contributed by atoms with Crippen LogP contribution in [0.5, 0.6) is 5.75 Å². The molecule has 0 saturated heterocycles. The summed E-state index contributed by atoms with van der Waals surface area (Å²) in [6, 6.07) is 20.6. The van der Waals surface area contributed by atoms with Crippen LogP contribution >= 0.6 is 34.8 Å². The minimum absolute atomic E-state index is 0.0330. The molecule has 3 aromatic rings. The zero-order chi connectivity index (χ0) is 26.3. The third-order valence-corrected chi connectivity index (χ3v) is 6.26. The summed E-state index contributed by atoms with van der Waals surface area (Å²) in [6.45, 7) is 5.42. The second-order valence-electron chi connectivity index (χ2n) is 9.41. The first-order chi connectivity index (χ1) is 17.0. The molecule has 1 atom stereocenters. The summed E-state index contributed by atoms with van der Waals surface area (Å²) < 4.78 is 5.74. The zero-order valence-corrected chi connectivity index (χ0v) is 22.7. The normalized spacial score (nSPS) is 12.1. The highest BCUT2D eigenvalue weighted by atomic mass is 35.5. The van der Waals surface area contributed by atoms with Gasteiger partial charge in [-0.2, -0.15) is 0 Å². The molecule has 0 saturated carbocycles. The third kappa shape index (κ3) is 8.16. The first-order valence-corrected chi connectivity index (χ1v) is 12.6. The van der Waals surface area contributed by atoms with E-state index < -0.39 is 17.5 Å². The summed E-state index contributed by atoms with van der Waals surface area (Å²) in [5, 5.41) is 4.32. The van der Waals surface area contributed by atoms with Gasteiger partial charge in [0.1, 0.15) is 11.8 Å². The number of carbonyl (C=O) groups excluding carboxylic acids is 2. The molecule has 0 heterocycles. The van der Waals surface area contributed by atoms with Crippen molar-refractivity contribution >= 4 is 46.6 Å². The molecule has 0 bridgehead atoms. The number of nitrogens with one attached hydrogen (secondary N) is 1. The average molecular weight is 548 g/mol. The lowest BCUT2D eigenvalue weighted by atomic mass is 10.0. The SMILES string of the molecule is CC(C)(C)NC(=O)[C@H](Cc1ccccc1)N(Cc1c(Cl)cccc1Cl)C(=O)COc1cccc(Cl)c1. The van der Waals surface area contributed by atoms with Gasteiger partial charge in [0.2, 0.25) is 5.91 Å². The van der Waals surface area contributed by atoms with Crippen molar-refractivity contribution in [1.82, 2.24) is 10.2 Å². The molecule has 0 aliphatic rings. The zero-order valence-electron chi connectivity index (χ0n) is 20.4. The van der Waals surface area contributed by atoms with Gasteiger partial charge >= 0.3 is 0 Å². The van der Waals surface area contributed by atoms with Crippen LogP contribution in [-0.4, -0.2) is 34.9 Å². The lowest BCUT2D eigenvalue weighted by molar-refractivity contribution is -0.143. The molecule has 5 nitrogen and oxygen atoms in total. The van der Waals surface area contributed by atoms with E-state index in [9.17, 15) is 9.59 Å². The molecule has 3 aromatic carbocycles. The number of hydrogen-bond acceptors (Lipinski definition) is 3. The van der Waals surface area contributed by atoms with Crippen LogP contribution < -0.4 is 10.1 Å². The van der Waals surface area contributed by atoms with Crippen LogP contribution in [-0.2, 0) is 22.6 Å². The van der Waals surface area contributed by atoms with Gasteiger partial charge in [0.15, 0.2) is 6.61 Å². The van der Waals surface area contributed by atoms with Crippen molar-refractivity contribution in [2.24, 2.45) is 0 Å². The minimum Gasteiger partial charge on any atom is -0.484 e. The molecular formula is C28H29Cl3N2O3. The molecule has 0 unspecified atom stereocenters. The molecular weight excluding hydrogens is 519 g/mol. The topological polar surface area (TPSA) is 58.6 Å². The van der Waals surface area contributed by atoms with E-state index in [1.807, 2.05) is 51.1 Å². The van der Waals surface area contributed by atoms with Gasteiger partial charge in [-0.05, 0) is 56.7 Å². The summed E-state index contributed by atoms with van der Waals surface area (Å²) in [7, 11) is 0. The first kappa shape index (κ1) is 27.9. The molecule has 190 valence electrons. The Morgan fingerprint density at radius 3 is 2.17 bits per heavy atom. The molecule has 1 N–H and O–H groups in total. The number of amides is 2. The maximum Gasteiger partial charge on any atom is 0.261 e. The Morgan fingerprint density at radius 1 is 0.917 bits per heavy atom. The predicted octanol–water partition coefficient (Wildman–Crippen LogP) is 6.58. The van der Waals surface area contributed by atoms with Crippen molar-refractivity contribution < 1.29 is 14.3 Å². The molecule has 8 heteroatoms. The lowest BCUT2D eigenvalue weighted by Gasteiger charge is -2.34. The predicted molar refractivity (Wildman–Crippen MR) is 146 cm³/mol. The monoisotopic (exact) mass is 546 g/mol. The van der Waals surface area contributed by atoms with Gasteiger partial charge in [-0.3, -0.25) is 9.59 Å². The van der Waals surface area contributed by atoms with Gasteiger partial charge < -0.3 is 15.0 Å². The molecule has 36 heavy (non-hydrogen) atoms. The van der Waals surface area contributed by atoms with Gasteiger partial charge in [0.25, 0.3) is 5.91 Å². The van der Waals surface area contributed by atoms with Gasteiger partial charge in [-0.15, -0.1) is 0 Å². The van der Waals surface area contributed by atoms with E-state index in [2.05, 4.69) is 5.32 Å². The van der Waals surface area contributed by atoms with Crippen LogP contribution in [0.3, 0.4) is 0 Å². The van der Waals surface area contributed by atoms with Crippen molar-refractivity contribution in [1.29, 1.82) is 0 Å². The number of benzene rings is 3. The van der Waals surface area contributed by atoms with Crippen molar-refractivity contribution in [2.75, 3.05) is 6.61 Å². The third-order valence-electron chi connectivity index (χ3n) is 5.32. The van der Waals surface area contributed by atoms with E-state index in [0.29, 0.717) is 32.8 Å². The number of rotatable bonds is 9.